The highest BCUT2D eigenvalue weighted by Gasteiger charge is 2.66. The van der Waals surface area contributed by atoms with Gasteiger partial charge in [-0.2, -0.15) is 0 Å². The maximum Gasteiger partial charge on any atom is 0.306 e. The number of fused-ring (bicyclic) bond motifs is 6. The zero-order valence-corrected chi connectivity index (χ0v) is 19.1. The van der Waals surface area contributed by atoms with Crippen LogP contribution in [0.25, 0.3) is 0 Å². The van der Waals surface area contributed by atoms with Gasteiger partial charge in [0.05, 0.1) is 0 Å². The summed E-state index contributed by atoms with van der Waals surface area (Å²) in [6, 6.07) is 0. The van der Waals surface area contributed by atoms with E-state index in [0.29, 0.717) is 37.0 Å². The summed E-state index contributed by atoms with van der Waals surface area (Å²) in [6.45, 7) is 6.60. The van der Waals surface area contributed by atoms with Crippen LogP contribution < -0.4 is 0 Å². The summed E-state index contributed by atoms with van der Waals surface area (Å²) in [5, 5.41) is 0.426. The van der Waals surface area contributed by atoms with Crippen molar-refractivity contribution < 1.29 is 19.1 Å². The minimum absolute atomic E-state index is 0.0438. The van der Waals surface area contributed by atoms with E-state index in [2.05, 4.69) is 26.0 Å². The monoisotopic (exact) mass is 428 g/mol. The Morgan fingerprint density at radius 2 is 2.00 bits per heavy atom. The van der Waals surface area contributed by atoms with Crippen molar-refractivity contribution in [1.29, 1.82) is 0 Å². The number of thioether (sulfide) groups is 1. The van der Waals surface area contributed by atoms with Crippen LogP contribution in [0.15, 0.2) is 23.8 Å². The van der Waals surface area contributed by atoms with Gasteiger partial charge in [-0.25, -0.2) is 0 Å². The summed E-state index contributed by atoms with van der Waals surface area (Å²) in [5.74, 6) is 1.30. The summed E-state index contributed by atoms with van der Waals surface area (Å²) in [4.78, 5) is 36.8. The van der Waals surface area contributed by atoms with E-state index in [0.717, 1.165) is 32.1 Å². The van der Waals surface area contributed by atoms with Crippen LogP contribution in [0.4, 0.5) is 0 Å². The Balaban J connectivity index is 1.56. The number of esters is 1. The average Bonchev–Trinajstić information content (AvgIpc) is 3.23. The lowest BCUT2D eigenvalue weighted by atomic mass is 9.46. The second-order valence-electron chi connectivity index (χ2n) is 10.5. The second kappa shape index (κ2) is 6.82. The van der Waals surface area contributed by atoms with Crippen LogP contribution in [0.3, 0.4) is 0 Å². The Labute approximate surface area is 183 Å². The van der Waals surface area contributed by atoms with Gasteiger partial charge in [0, 0.05) is 36.3 Å². The Hall–Kier alpha value is -1.36. The fraction of sp³-hybridized carbons (Fsp3) is 0.720. The highest BCUT2D eigenvalue weighted by molar-refractivity contribution is 8.14. The predicted octanol–water partition coefficient (Wildman–Crippen LogP) is 5.02. The van der Waals surface area contributed by atoms with Gasteiger partial charge in [0.25, 0.3) is 0 Å². The molecule has 30 heavy (non-hydrogen) atoms. The molecule has 1 spiro atoms. The van der Waals surface area contributed by atoms with Gasteiger partial charge in [-0.1, -0.05) is 44.2 Å². The topological polar surface area (TPSA) is 60.4 Å². The molecule has 0 bridgehead atoms. The number of carbonyl (C=O) groups is 3. The molecular formula is C25H32O4S. The number of rotatable bonds is 2. The van der Waals surface area contributed by atoms with Crippen molar-refractivity contribution in [2.75, 3.05) is 0 Å². The Morgan fingerprint density at radius 1 is 1.20 bits per heavy atom. The molecule has 3 fully saturated rings. The zero-order valence-electron chi connectivity index (χ0n) is 18.2. The van der Waals surface area contributed by atoms with E-state index in [1.165, 1.54) is 17.3 Å². The summed E-state index contributed by atoms with van der Waals surface area (Å²) in [7, 11) is 0. The number of ether oxygens (including phenoxy) is 1. The van der Waals surface area contributed by atoms with Crippen LogP contribution in [0.5, 0.6) is 0 Å². The van der Waals surface area contributed by atoms with Gasteiger partial charge in [0.15, 0.2) is 10.9 Å². The molecule has 0 aromatic heterocycles. The minimum Gasteiger partial charge on any atom is -0.454 e. The third kappa shape index (κ3) is 2.69. The molecule has 4 unspecified atom stereocenters. The highest BCUT2D eigenvalue weighted by atomic mass is 32.2. The first-order chi connectivity index (χ1) is 14.2. The van der Waals surface area contributed by atoms with Crippen molar-refractivity contribution in [2.45, 2.75) is 83.0 Å². The molecule has 4 aliphatic carbocycles. The Morgan fingerprint density at radius 3 is 2.70 bits per heavy atom. The fourth-order valence-electron chi connectivity index (χ4n) is 7.54. The van der Waals surface area contributed by atoms with E-state index in [4.69, 9.17) is 4.74 Å². The number of allylic oxidation sites excluding steroid dienone is 3. The molecule has 0 amide bonds. The van der Waals surface area contributed by atoms with Gasteiger partial charge in [-0.05, 0) is 61.0 Å². The smallest absolute Gasteiger partial charge is 0.306 e. The van der Waals surface area contributed by atoms with Crippen molar-refractivity contribution in [3.63, 3.8) is 0 Å². The standard InChI is InChI=1S/C25H32O4S/c1-4-21(28)30-19-14-15-13-16(26)5-9-23(15,2)17-6-10-24(3)18(22(17)19)7-11-25(24)12-8-20(27)29-25/h7,11,13,17-19,22H,4-6,8-10,12,14H2,1-3H3/t17?,18?,19?,22?,23-,24-,25+/m0/s1. The highest BCUT2D eigenvalue weighted by Crippen LogP contribution is 2.68. The van der Waals surface area contributed by atoms with Crippen LogP contribution in [0.2, 0.25) is 0 Å². The molecular weight excluding hydrogens is 396 g/mol. The SMILES string of the molecule is CCC(=O)SC1CC2=CC(=O)CC[C@]2(C)C2CC[C@@]3(C)C(C=C[C@@]34CCC(=O)O4)C12. The summed E-state index contributed by atoms with van der Waals surface area (Å²) < 4.78 is 5.99. The number of hydrogen-bond donors (Lipinski definition) is 0. The van der Waals surface area contributed by atoms with Crippen molar-refractivity contribution in [3.8, 4) is 0 Å². The van der Waals surface area contributed by atoms with E-state index in [1.54, 1.807) is 0 Å². The van der Waals surface area contributed by atoms with Crippen molar-refractivity contribution >= 4 is 28.6 Å². The molecule has 5 aliphatic rings. The first kappa shape index (κ1) is 20.5. The quantitative estimate of drug-likeness (QED) is 0.457. The van der Waals surface area contributed by atoms with Crippen molar-refractivity contribution in [1.82, 2.24) is 0 Å². The first-order valence-electron chi connectivity index (χ1n) is 11.6. The van der Waals surface area contributed by atoms with Crippen LogP contribution >= 0.6 is 11.8 Å². The van der Waals surface area contributed by atoms with Crippen LogP contribution in [0.1, 0.15) is 72.1 Å². The third-order valence-electron chi connectivity index (χ3n) is 9.33. The molecule has 0 aromatic carbocycles. The van der Waals surface area contributed by atoms with E-state index in [9.17, 15) is 14.4 Å². The van der Waals surface area contributed by atoms with Gasteiger partial charge in [-0.15, -0.1) is 0 Å². The number of hydrogen-bond acceptors (Lipinski definition) is 5. The lowest BCUT2D eigenvalue weighted by molar-refractivity contribution is -0.162. The molecule has 0 radical (unpaired) electrons. The van der Waals surface area contributed by atoms with Crippen LogP contribution in [-0.2, 0) is 19.1 Å². The molecule has 1 heterocycles. The van der Waals surface area contributed by atoms with Crippen LogP contribution in [-0.4, -0.2) is 27.7 Å². The molecule has 0 aromatic rings. The van der Waals surface area contributed by atoms with E-state index in [1.807, 2.05) is 13.0 Å². The normalized spacial score (nSPS) is 46.8. The number of carbonyl (C=O) groups excluding carboxylic acids is 3. The van der Waals surface area contributed by atoms with Crippen molar-refractivity contribution in [3.05, 3.63) is 23.8 Å². The van der Waals surface area contributed by atoms with Gasteiger partial charge >= 0.3 is 5.97 Å². The van der Waals surface area contributed by atoms with Gasteiger partial charge in [-0.3, -0.25) is 14.4 Å². The lowest BCUT2D eigenvalue weighted by Gasteiger charge is -2.61. The maximum atomic E-state index is 12.5. The molecule has 7 atom stereocenters. The Bertz CT molecular complexity index is 874. The third-order valence-corrected chi connectivity index (χ3v) is 10.7. The van der Waals surface area contributed by atoms with Gasteiger partial charge in [0.1, 0.15) is 5.60 Å². The Kier molecular flexibility index (Phi) is 4.67. The van der Waals surface area contributed by atoms with Gasteiger partial charge in [0.2, 0.25) is 0 Å². The molecule has 4 nitrogen and oxygen atoms in total. The molecule has 0 N–H and O–H groups in total. The van der Waals surface area contributed by atoms with Gasteiger partial charge < -0.3 is 4.74 Å². The molecule has 2 saturated carbocycles. The van der Waals surface area contributed by atoms with Crippen molar-refractivity contribution in [2.24, 2.45) is 28.6 Å². The van der Waals surface area contributed by atoms with E-state index in [-0.39, 0.29) is 32.9 Å². The van der Waals surface area contributed by atoms with E-state index >= 15 is 0 Å². The molecule has 1 aliphatic heterocycles. The number of ketones is 1. The largest absolute Gasteiger partial charge is 0.454 e. The molecule has 5 rings (SSSR count). The molecule has 5 heteroatoms. The summed E-state index contributed by atoms with van der Waals surface area (Å²) in [6.07, 6.45) is 12.7. The predicted molar refractivity (Wildman–Crippen MR) is 117 cm³/mol. The average molecular weight is 429 g/mol. The zero-order chi connectivity index (χ0) is 21.3. The molecule has 162 valence electrons. The first-order valence-corrected chi connectivity index (χ1v) is 12.4. The van der Waals surface area contributed by atoms with E-state index < -0.39 is 5.60 Å². The second-order valence-corrected chi connectivity index (χ2v) is 11.8. The summed E-state index contributed by atoms with van der Waals surface area (Å²) in [5.41, 5.74) is 0.746. The molecule has 1 saturated heterocycles. The summed E-state index contributed by atoms with van der Waals surface area (Å²) >= 11 is 1.51. The van der Waals surface area contributed by atoms with Crippen LogP contribution in [0, 0.1) is 28.6 Å². The fourth-order valence-corrected chi connectivity index (χ4v) is 8.82. The minimum atomic E-state index is -0.469. The lowest BCUT2D eigenvalue weighted by Crippen LogP contribution is -2.58. The maximum absolute atomic E-state index is 12.5.